The molecule has 3 nitrogen and oxygen atoms in total. The van der Waals surface area contributed by atoms with E-state index in [1.54, 1.807) is 6.07 Å². The van der Waals surface area contributed by atoms with Gasteiger partial charge in [-0.25, -0.2) is 0 Å². The van der Waals surface area contributed by atoms with E-state index in [0.717, 1.165) is 12.1 Å². The zero-order valence-corrected chi connectivity index (χ0v) is 11.3. The van der Waals surface area contributed by atoms with E-state index in [9.17, 15) is 13.2 Å². The molecule has 0 unspecified atom stereocenters. The number of aromatic nitrogens is 2. The van der Waals surface area contributed by atoms with Gasteiger partial charge in [0.1, 0.15) is 10.4 Å². The summed E-state index contributed by atoms with van der Waals surface area (Å²) >= 11 is 4.83. The van der Waals surface area contributed by atoms with Gasteiger partial charge in [0.25, 0.3) is 0 Å². The summed E-state index contributed by atoms with van der Waals surface area (Å²) in [6.07, 6.45) is -1.50. The van der Waals surface area contributed by atoms with Crippen molar-refractivity contribution in [3.05, 3.63) is 40.8 Å². The zero-order chi connectivity index (χ0) is 14.8. The molecule has 20 heavy (non-hydrogen) atoms. The van der Waals surface area contributed by atoms with Crippen molar-refractivity contribution in [3.8, 4) is 17.0 Å². The van der Waals surface area contributed by atoms with Crippen LogP contribution in [0.4, 0.5) is 13.2 Å². The van der Waals surface area contributed by atoms with Gasteiger partial charge in [-0.3, -0.25) is 4.98 Å². The Balaban J connectivity index is 2.50. The smallest absolute Gasteiger partial charge is 0.416 e. The maximum atomic E-state index is 12.8. The summed E-state index contributed by atoms with van der Waals surface area (Å²) in [5.74, 6) is 0.488. The monoisotopic (exact) mass is 300 g/mol. The molecule has 0 atom stereocenters. The number of rotatable bonds is 3. The Morgan fingerprint density at radius 2 is 2.00 bits per heavy atom. The topological polar surface area (TPSA) is 37.9 Å². The van der Waals surface area contributed by atoms with Gasteiger partial charge >= 0.3 is 6.18 Å². The lowest BCUT2D eigenvalue weighted by molar-refractivity contribution is -0.137. The van der Waals surface area contributed by atoms with Gasteiger partial charge in [0.05, 0.1) is 18.4 Å². The van der Waals surface area contributed by atoms with E-state index >= 15 is 0 Å². The zero-order valence-electron chi connectivity index (χ0n) is 10.5. The van der Waals surface area contributed by atoms with E-state index < -0.39 is 11.7 Å². The fourth-order valence-corrected chi connectivity index (χ4v) is 1.91. The van der Waals surface area contributed by atoms with Crippen molar-refractivity contribution in [2.75, 3.05) is 6.61 Å². The van der Waals surface area contributed by atoms with E-state index in [1.165, 1.54) is 12.4 Å². The summed E-state index contributed by atoms with van der Waals surface area (Å²) in [6.45, 7) is 2.26. The summed E-state index contributed by atoms with van der Waals surface area (Å²) in [5.41, 5.74) is -0.0647. The molecule has 0 bridgehead atoms. The lowest BCUT2D eigenvalue weighted by Crippen LogP contribution is -2.05. The third-order valence-electron chi connectivity index (χ3n) is 2.51. The number of pyridine rings is 2. The first kappa shape index (κ1) is 14.5. The molecule has 0 radical (unpaired) electrons. The lowest BCUT2D eigenvalue weighted by atomic mass is 10.1. The van der Waals surface area contributed by atoms with E-state index in [1.807, 2.05) is 6.92 Å². The van der Waals surface area contributed by atoms with Gasteiger partial charge in [-0.1, -0.05) is 12.2 Å². The van der Waals surface area contributed by atoms with Crippen molar-refractivity contribution in [2.45, 2.75) is 13.1 Å². The number of nitrogens with zero attached hydrogens (tertiary/aromatic N) is 1. The van der Waals surface area contributed by atoms with Crippen LogP contribution >= 0.6 is 12.2 Å². The highest BCUT2D eigenvalue weighted by Gasteiger charge is 2.31. The van der Waals surface area contributed by atoms with Gasteiger partial charge < -0.3 is 9.72 Å². The normalized spacial score (nSPS) is 11.4. The van der Waals surface area contributed by atoms with Crippen LogP contribution in [0.15, 0.2) is 30.6 Å². The number of alkyl halides is 3. The number of halogens is 3. The third-order valence-corrected chi connectivity index (χ3v) is 2.73. The molecule has 0 amide bonds. The van der Waals surface area contributed by atoms with Crippen LogP contribution in [0.3, 0.4) is 0 Å². The van der Waals surface area contributed by atoms with E-state index in [-0.39, 0.29) is 10.3 Å². The number of nitrogens with one attached hydrogen (secondary N) is 1. The Morgan fingerprint density at radius 3 is 2.65 bits per heavy atom. The summed E-state index contributed by atoms with van der Waals surface area (Å²) < 4.78 is 43.6. The summed E-state index contributed by atoms with van der Waals surface area (Å²) in [4.78, 5) is 6.67. The molecule has 0 spiro atoms. The Morgan fingerprint density at radius 1 is 1.25 bits per heavy atom. The molecule has 2 rings (SSSR count). The van der Waals surface area contributed by atoms with Crippen molar-refractivity contribution in [1.29, 1.82) is 0 Å². The molecule has 1 N–H and O–H groups in total. The molecule has 0 saturated heterocycles. The fraction of sp³-hybridized carbons (Fsp3) is 0.231. The van der Waals surface area contributed by atoms with Crippen LogP contribution in [-0.2, 0) is 6.18 Å². The SMILES string of the molecule is CCOc1cncc(-c2cc(C(F)(F)F)cc(=S)[nH]2)c1. The predicted molar refractivity (Wildman–Crippen MR) is 71.0 cm³/mol. The Kier molecular flexibility index (Phi) is 4.08. The minimum absolute atomic E-state index is 0.0108. The number of hydrogen-bond donors (Lipinski definition) is 1. The molecule has 0 aliphatic carbocycles. The molecular weight excluding hydrogens is 289 g/mol. The van der Waals surface area contributed by atoms with Gasteiger partial charge in [0, 0.05) is 17.5 Å². The number of aromatic amines is 1. The van der Waals surface area contributed by atoms with Crippen molar-refractivity contribution in [1.82, 2.24) is 9.97 Å². The summed E-state index contributed by atoms with van der Waals surface area (Å²) in [6, 6.07) is 3.50. The van der Waals surface area contributed by atoms with Crippen molar-refractivity contribution < 1.29 is 17.9 Å². The molecule has 2 aromatic heterocycles. The Hall–Kier alpha value is -1.89. The fourth-order valence-electron chi connectivity index (χ4n) is 1.67. The van der Waals surface area contributed by atoms with E-state index in [0.29, 0.717) is 17.9 Å². The van der Waals surface area contributed by atoms with E-state index in [4.69, 9.17) is 17.0 Å². The van der Waals surface area contributed by atoms with Crippen LogP contribution < -0.4 is 4.74 Å². The molecule has 2 aromatic rings. The van der Waals surface area contributed by atoms with Crippen LogP contribution in [0.2, 0.25) is 0 Å². The largest absolute Gasteiger partial charge is 0.492 e. The lowest BCUT2D eigenvalue weighted by Gasteiger charge is -2.10. The number of hydrogen-bond acceptors (Lipinski definition) is 3. The molecule has 2 heterocycles. The summed E-state index contributed by atoms with van der Waals surface area (Å²) in [5, 5.41) is 0. The standard InChI is InChI=1S/C13H11F3N2OS/c1-2-19-10-3-8(6-17-7-10)11-4-9(13(14,15)16)5-12(20)18-11/h3-7H,2H2,1H3,(H,18,20). The van der Waals surface area contributed by atoms with Crippen LogP contribution in [0.1, 0.15) is 12.5 Å². The molecule has 0 aromatic carbocycles. The second kappa shape index (κ2) is 5.62. The minimum atomic E-state index is -4.44. The first-order chi connectivity index (χ1) is 9.40. The third kappa shape index (κ3) is 3.36. The molecular formula is C13H11F3N2OS. The summed E-state index contributed by atoms with van der Waals surface area (Å²) in [7, 11) is 0. The van der Waals surface area contributed by atoms with Crippen LogP contribution in [-0.4, -0.2) is 16.6 Å². The average Bonchev–Trinajstić information content (AvgIpc) is 2.38. The van der Waals surface area contributed by atoms with Gasteiger partial charge in [0.15, 0.2) is 0 Å². The predicted octanol–water partition coefficient (Wildman–Crippen LogP) is 4.22. The maximum Gasteiger partial charge on any atom is 0.416 e. The molecule has 0 aliphatic rings. The quantitative estimate of drug-likeness (QED) is 0.862. The van der Waals surface area contributed by atoms with Crippen LogP contribution in [0.25, 0.3) is 11.3 Å². The van der Waals surface area contributed by atoms with Gasteiger partial charge in [0.2, 0.25) is 0 Å². The first-order valence-corrected chi connectivity index (χ1v) is 6.21. The Labute approximate surface area is 118 Å². The second-order valence-corrected chi connectivity index (χ2v) is 4.43. The highest BCUT2D eigenvalue weighted by Crippen LogP contribution is 2.32. The molecule has 0 aliphatic heterocycles. The molecule has 7 heteroatoms. The van der Waals surface area contributed by atoms with Crippen molar-refractivity contribution in [3.63, 3.8) is 0 Å². The molecule has 106 valence electrons. The first-order valence-electron chi connectivity index (χ1n) is 5.80. The highest BCUT2D eigenvalue weighted by molar-refractivity contribution is 7.71. The Bertz CT molecular complexity index is 667. The van der Waals surface area contributed by atoms with Crippen LogP contribution in [0, 0.1) is 4.64 Å². The van der Waals surface area contributed by atoms with Crippen molar-refractivity contribution >= 4 is 12.2 Å². The van der Waals surface area contributed by atoms with Gasteiger partial charge in [-0.2, -0.15) is 13.2 Å². The molecule has 0 fully saturated rings. The van der Waals surface area contributed by atoms with Crippen LogP contribution in [0.5, 0.6) is 5.75 Å². The van der Waals surface area contributed by atoms with Crippen molar-refractivity contribution in [2.24, 2.45) is 0 Å². The number of H-pyrrole nitrogens is 1. The minimum Gasteiger partial charge on any atom is -0.492 e. The van der Waals surface area contributed by atoms with Gasteiger partial charge in [-0.15, -0.1) is 0 Å². The van der Waals surface area contributed by atoms with Gasteiger partial charge in [-0.05, 0) is 25.1 Å². The maximum absolute atomic E-state index is 12.8. The van der Waals surface area contributed by atoms with E-state index in [2.05, 4.69) is 9.97 Å². The second-order valence-electron chi connectivity index (χ2n) is 3.99. The number of ether oxygens (including phenoxy) is 1. The average molecular weight is 300 g/mol. The molecule has 0 saturated carbocycles. The highest BCUT2D eigenvalue weighted by atomic mass is 32.1.